The largest absolute Gasteiger partial charge is 0.416 e. The molecule has 2 heterocycles. The number of carbonyl (C=O) groups excluding carboxylic acids is 1. The third-order valence-electron chi connectivity index (χ3n) is 5.86. The van der Waals surface area contributed by atoms with Crippen molar-refractivity contribution in [2.45, 2.75) is 52.3 Å². The zero-order chi connectivity index (χ0) is 23.4. The molecule has 0 bridgehead atoms. The molecule has 1 aromatic carbocycles. The van der Waals surface area contributed by atoms with Gasteiger partial charge in [0.05, 0.1) is 21.7 Å². The number of thiophene rings is 1. The lowest BCUT2D eigenvalue weighted by molar-refractivity contribution is -0.137. The van der Waals surface area contributed by atoms with E-state index in [4.69, 9.17) is 11.6 Å². The molecule has 0 saturated heterocycles. The van der Waals surface area contributed by atoms with Gasteiger partial charge in [-0.05, 0) is 62.8 Å². The predicted octanol–water partition coefficient (Wildman–Crippen LogP) is 5.76. The van der Waals surface area contributed by atoms with Gasteiger partial charge in [-0.15, -0.1) is 11.3 Å². The number of amides is 1. The Morgan fingerprint density at radius 1 is 1.38 bits per heavy atom. The maximum atomic E-state index is 13.4. The standard InChI is InChI=1S/C22H21ClF3N3O2S/c1-10-4-6-14-17(8-10)32-20-18(14)21(31)29(12(3)27-20)11(2)19(30)28-16-9-13(22(24,25)26)5-7-15(16)23/h5,7,9-11H,4,6,8H2,1-3H3,(H,28,30). The van der Waals surface area contributed by atoms with Crippen LogP contribution in [-0.2, 0) is 23.8 Å². The zero-order valence-electron chi connectivity index (χ0n) is 17.6. The first kappa shape index (κ1) is 22.8. The lowest BCUT2D eigenvalue weighted by Gasteiger charge is -2.19. The summed E-state index contributed by atoms with van der Waals surface area (Å²) in [5.74, 6) is 0.253. The van der Waals surface area contributed by atoms with Gasteiger partial charge in [0, 0.05) is 4.88 Å². The molecule has 0 radical (unpaired) electrons. The molecule has 3 aromatic rings. The summed E-state index contributed by atoms with van der Waals surface area (Å²) in [6.07, 6.45) is -1.90. The Morgan fingerprint density at radius 3 is 2.78 bits per heavy atom. The first-order valence-electron chi connectivity index (χ1n) is 10.2. The van der Waals surface area contributed by atoms with Gasteiger partial charge in [-0.2, -0.15) is 13.2 Å². The van der Waals surface area contributed by atoms with Gasteiger partial charge >= 0.3 is 6.18 Å². The maximum Gasteiger partial charge on any atom is 0.416 e. The van der Waals surface area contributed by atoms with Gasteiger partial charge in [-0.3, -0.25) is 14.2 Å². The Bertz CT molecular complexity index is 1280. The average Bonchev–Trinajstić information content (AvgIpc) is 3.05. The Balaban J connectivity index is 1.71. The monoisotopic (exact) mass is 483 g/mol. The van der Waals surface area contributed by atoms with E-state index in [9.17, 15) is 22.8 Å². The Hall–Kier alpha value is -2.39. The maximum absolute atomic E-state index is 13.4. The number of aromatic nitrogens is 2. The topological polar surface area (TPSA) is 64.0 Å². The first-order valence-corrected chi connectivity index (χ1v) is 11.4. The van der Waals surface area contributed by atoms with E-state index in [0.29, 0.717) is 22.0 Å². The van der Waals surface area contributed by atoms with Crippen molar-refractivity contribution in [3.05, 3.63) is 55.4 Å². The molecule has 0 spiro atoms. The van der Waals surface area contributed by atoms with Gasteiger partial charge in [-0.25, -0.2) is 4.98 Å². The van der Waals surface area contributed by atoms with E-state index in [-0.39, 0.29) is 16.3 Å². The molecule has 2 unspecified atom stereocenters. The van der Waals surface area contributed by atoms with Gasteiger partial charge in [0.1, 0.15) is 16.7 Å². The second kappa shape index (κ2) is 8.19. The van der Waals surface area contributed by atoms with Crippen LogP contribution >= 0.6 is 22.9 Å². The van der Waals surface area contributed by atoms with Crippen LogP contribution in [0.15, 0.2) is 23.0 Å². The predicted molar refractivity (Wildman–Crippen MR) is 120 cm³/mol. The molecule has 4 rings (SSSR count). The second-order valence-electron chi connectivity index (χ2n) is 8.22. The van der Waals surface area contributed by atoms with Crippen LogP contribution in [0.2, 0.25) is 5.02 Å². The van der Waals surface area contributed by atoms with Crippen LogP contribution in [0.5, 0.6) is 0 Å². The number of hydrogen-bond donors (Lipinski definition) is 1. The highest BCUT2D eigenvalue weighted by atomic mass is 35.5. The zero-order valence-corrected chi connectivity index (χ0v) is 19.2. The molecule has 1 N–H and O–H groups in total. The number of nitrogens with one attached hydrogen (secondary N) is 1. The minimum Gasteiger partial charge on any atom is -0.323 e. The molecule has 5 nitrogen and oxygen atoms in total. The number of carbonyl (C=O) groups is 1. The molecule has 32 heavy (non-hydrogen) atoms. The molecule has 10 heteroatoms. The molecular weight excluding hydrogens is 463 g/mol. The Labute approximate surface area is 191 Å². The van der Waals surface area contributed by atoms with Gasteiger partial charge in [-0.1, -0.05) is 18.5 Å². The number of benzene rings is 1. The molecule has 2 aromatic heterocycles. The van der Waals surface area contributed by atoms with Crippen LogP contribution in [0.4, 0.5) is 18.9 Å². The fraction of sp³-hybridized carbons (Fsp3) is 0.409. The van der Waals surface area contributed by atoms with Gasteiger partial charge in [0.2, 0.25) is 5.91 Å². The van der Waals surface area contributed by atoms with Crippen molar-refractivity contribution < 1.29 is 18.0 Å². The van der Waals surface area contributed by atoms with Crippen molar-refractivity contribution in [2.75, 3.05) is 5.32 Å². The van der Waals surface area contributed by atoms with E-state index in [1.165, 1.54) is 22.8 Å². The SMILES string of the molecule is Cc1nc2sc3c(c2c(=O)n1C(C)C(=O)Nc1cc(C(F)(F)F)ccc1Cl)CCC(C)C3. The first-order chi connectivity index (χ1) is 15.0. The number of alkyl halides is 3. The van der Waals surface area contributed by atoms with Crippen LogP contribution in [-0.4, -0.2) is 15.5 Å². The van der Waals surface area contributed by atoms with E-state index in [0.717, 1.165) is 47.9 Å². The third kappa shape index (κ3) is 4.03. The van der Waals surface area contributed by atoms with Gasteiger partial charge in [0.25, 0.3) is 5.56 Å². The molecule has 0 fully saturated rings. The summed E-state index contributed by atoms with van der Waals surface area (Å²) in [6, 6.07) is 1.70. The summed E-state index contributed by atoms with van der Waals surface area (Å²) in [6.45, 7) is 5.33. The Kier molecular flexibility index (Phi) is 5.83. The third-order valence-corrected chi connectivity index (χ3v) is 7.33. The summed E-state index contributed by atoms with van der Waals surface area (Å²) < 4.78 is 40.4. The van der Waals surface area contributed by atoms with Crippen LogP contribution in [0.3, 0.4) is 0 Å². The minimum absolute atomic E-state index is 0.0304. The van der Waals surface area contributed by atoms with Crippen molar-refractivity contribution in [3.63, 3.8) is 0 Å². The summed E-state index contributed by atoms with van der Waals surface area (Å²) >= 11 is 7.52. The lowest BCUT2D eigenvalue weighted by atomic mass is 9.89. The minimum atomic E-state index is -4.58. The normalized spacial score (nSPS) is 17.3. The number of halogens is 4. The van der Waals surface area contributed by atoms with Gasteiger partial charge < -0.3 is 5.32 Å². The highest BCUT2D eigenvalue weighted by Crippen LogP contribution is 2.36. The molecule has 0 saturated carbocycles. The number of rotatable bonds is 3. The Morgan fingerprint density at radius 2 is 2.09 bits per heavy atom. The summed E-state index contributed by atoms with van der Waals surface area (Å²) in [7, 11) is 0. The number of fused-ring (bicyclic) bond motifs is 3. The molecule has 2 atom stereocenters. The van der Waals surface area contributed by atoms with Crippen molar-refractivity contribution >= 4 is 44.7 Å². The van der Waals surface area contributed by atoms with Crippen LogP contribution in [0.1, 0.15) is 48.1 Å². The molecule has 1 amide bonds. The van der Waals surface area contributed by atoms with E-state index in [1.54, 1.807) is 6.92 Å². The van der Waals surface area contributed by atoms with E-state index >= 15 is 0 Å². The van der Waals surface area contributed by atoms with E-state index in [1.807, 2.05) is 0 Å². The molecule has 170 valence electrons. The molecule has 1 aliphatic rings. The summed E-state index contributed by atoms with van der Waals surface area (Å²) in [4.78, 5) is 32.7. The van der Waals surface area contributed by atoms with Crippen molar-refractivity contribution in [1.82, 2.24) is 9.55 Å². The number of anilines is 1. The smallest absolute Gasteiger partial charge is 0.323 e. The fourth-order valence-corrected chi connectivity index (χ4v) is 5.70. The summed E-state index contributed by atoms with van der Waals surface area (Å²) in [5.41, 5.74) is -0.402. The molecule has 1 aliphatic carbocycles. The quantitative estimate of drug-likeness (QED) is 0.515. The van der Waals surface area contributed by atoms with Crippen LogP contribution in [0, 0.1) is 12.8 Å². The number of aryl methyl sites for hydroxylation is 2. The fourth-order valence-electron chi connectivity index (χ4n) is 4.11. The molecule has 0 aliphatic heterocycles. The number of nitrogens with zero attached hydrogens (tertiary/aromatic N) is 2. The van der Waals surface area contributed by atoms with Crippen molar-refractivity contribution in [3.8, 4) is 0 Å². The number of hydrogen-bond acceptors (Lipinski definition) is 4. The highest BCUT2D eigenvalue weighted by molar-refractivity contribution is 7.18. The van der Waals surface area contributed by atoms with Gasteiger partial charge in [0.15, 0.2) is 0 Å². The lowest BCUT2D eigenvalue weighted by Crippen LogP contribution is -2.34. The highest BCUT2D eigenvalue weighted by Gasteiger charge is 2.32. The second-order valence-corrected chi connectivity index (χ2v) is 9.71. The van der Waals surface area contributed by atoms with E-state index < -0.39 is 23.7 Å². The van der Waals surface area contributed by atoms with Crippen LogP contribution in [0.25, 0.3) is 10.2 Å². The molecular formula is C22H21ClF3N3O2S. The summed E-state index contributed by atoms with van der Waals surface area (Å²) in [5, 5.41) is 2.94. The van der Waals surface area contributed by atoms with Crippen molar-refractivity contribution in [1.29, 1.82) is 0 Å². The van der Waals surface area contributed by atoms with E-state index in [2.05, 4.69) is 17.2 Å². The van der Waals surface area contributed by atoms with Crippen LogP contribution < -0.4 is 10.9 Å². The van der Waals surface area contributed by atoms with Crippen molar-refractivity contribution in [2.24, 2.45) is 5.92 Å². The average molecular weight is 484 g/mol.